The summed E-state index contributed by atoms with van der Waals surface area (Å²) in [5.74, 6) is -1.08. The van der Waals surface area contributed by atoms with Crippen molar-refractivity contribution in [2.24, 2.45) is 0 Å². The number of aliphatic hydroxyl groups is 5. The van der Waals surface area contributed by atoms with E-state index in [9.17, 15) is 44.6 Å². The van der Waals surface area contributed by atoms with E-state index in [1.165, 1.54) is 173 Å². The molecule has 0 amide bonds. The van der Waals surface area contributed by atoms with Gasteiger partial charge in [-0.1, -0.05) is 226 Å². The zero-order valence-electron chi connectivity index (χ0n) is 40.6. The quantitative estimate of drug-likeness (QED) is 0.0191. The molecule has 6 N–H and O–H groups in total. The van der Waals surface area contributed by atoms with Crippen LogP contribution in [-0.4, -0.2) is 98.3 Å². The highest BCUT2D eigenvalue weighted by molar-refractivity contribution is 7.47. The molecule has 380 valence electrons. The maximum absolute atomic E-state index is 12.8. The second kappa shape index (κ2) is 40.9. The molecule has 14 heteroatoms. The lowest BCUT2D eigenvalue weighted by molar-refractivity contribution is -0.220. The number of ether oxygens (including phenoxy) is 2. The van der Waals surface area contributed by atoms with Gasteiger partial charge in [0.05, 0.1) is 6.61 Å². The predicted octanol–water partition coefficient (Wildman–Crippen LogP) is 11.2. The zero-order valence-corrected chi connectivity index (χ0v) is 41.5. The number of phosphoric acid groups is 1. The molecular weight excluding hydrogens is 840 g/mol. The van der Waals surface area contributed by atoms with Crippen LogP contribution in [0.5, 0.6) is 0 Å². The zero-order chi connectivity index (χ0) is 47.1. The average molecular weight is 937 g/mol. The third kappa shape index (κ3) is 32.5. The van der Waals surface area contributed by atoms with Gasteiger partial charge in [0.1, 0.15) is 43.2 Å². The molecule has 0 saturated heterocycles. The van der Waals surface area contributed by atoms with E-state index in [-0.39, 0.29) is 12.8 Å². The van der Waals surface area contributed by atoms with Crippen molar-refractivity contribution in [2.45, 2.75) is 294 Å². The molecular formula is C50H97O13P. The first-order valence-electron chi connectivity index (χ1n) is 26.3. The molecule has 0 radical (unpaired) electrons. The van der Waals surface area contributed by atoms with Gasteiger partial charge in [-0.05, 0) is 12.8 Å². The molecule has 1 fully saturated rings. The Balaban J connectivity index is 2.34. The van der Waals surface area contributed by atoms with Crippen LogP contribution >= 0.6 is 7.82 Å². The molecule has 1 aliphatic carbocycles. The Morgan fingerprint density at radius 3 is 1.03 bits per heavy atom. The van der Waals surface area contributed by atoms with Crippen molar-refractivity contribution in [3.63, 3.8) is 0 Å². The van der Waals surface area contributed by atoms with Crippen molar-refractivity contribution < 1.29 is 63.1 Å². The van der Waals surface area contributed by atoms with Crippen LogP contribution in [-0.2, 0) is 32.7 Å². The molecule has 0 heterocycles. The summed E-state index contributed by atoms with van der Waals surface area (Å²) in [6, 6.07) is 0. The lowest BCUT2D eigenvalue weighted by atomic mass is 9.85. The lowest BCUT2D eigenvalue weighted by Crippen LogP contribution is -2.64. The van der Waals surface area contributed by atoms with E-state index in [2.05, 4.69) is 13.8 Å². The monoisotopic (exact) mass is 937 g/mol. The van der Waals surface area contributed by atoms with Gasteiger partial charge in [-0.2, -0.15) is 0 Å². The van der Waals surface area contributed by atoms with Crippen LogP contribution in [0.1, 0.15) is 251 Å². The minimum atomic E-state index is -5.11. The van der Waals surface area contributed by atoms with E-state index in [4.69, 9.17) is 18.5 Å². The summed E-state index contributed by atoms with van der Waals surface area (Å²) >= 11 is 0. The van der Waals surface area contributed by atoms with Crippen LogP contribution < -0.4 is 0 Å². The highest BCUT2D eigenvalue weighted by atomic mass is 31.2. The SMILES string of the molecule is CCCCCCCCCCCCCCCCCCCCCCCC(=O)OC[C@@H](COP(=O)(O)OC1C(O)C(O)C(O)[C@H](O)C1O)OC(=O)CCCCCCCCCCCCCCCC. The summed E-state index contributed by atoms with van der Waals surface area (Å²) in [4.78, 5) is 35.8. The first-order valence-corrected chi connectivity index (χ1v) is 27.8. The third-order valence-corrected chi connectivity index (χ3v) is 13.7. The molecule has 1 rings (SSSR count). The standard InChI is InChI=1S/C50H97O13P/c1-3-5-7-9-11-13-15-17-19-20-21-22-23-24-25-27-28-30-32-34-36-38-43(51)60-40-42(41-61-64(58,59)63-50-48(56)46(54)45(53)47(55)49(50)57)62-44(52)39-37-35-33-31-29-26-18-16-14-12-10-8-6-4-2/h42,45-50,53-57H,3-41H2,1-2H3,(H,58,59)/t42-,45?,46-,47?,48?,49?,50?/m0/s1. The smallest absolute Gasteiger partial charge is 0.462 e. The summed E-state index contributed by atoms with van der Waals surface area (Å²) in [6.45, 7) is 3.35. The highest BCUT2D eigenvalue weighted by Gasteiger charge is 2.51. The van der Waals surface area contributed by atoms with Crippen LogP contribution in [0.4, 0.5) is 0 Å². The van der Waals surface area contributed by atoms with Gasteiger partial charge in [-0.15, -0.1) is 0 Å². The van der Waals surface area contributed by atoms with Crippen molar-refractivity contribution in [3.8, 4) is 0 Å². The maximum atomic E-state index is 12.8. The van der Waals surface area contributed by atoms with Crippen LogP contribution in [0, 0.1) is 0 Å². The summed E-state index contributed by atoms with van der Waals surface area (Å²) in [5, 5.41) is 50.2. The Morgan fingerprint density at radius 1 is 0.422 bits per heavy atom. The fraction of sp³-hybridized carbons (Fsp3) is 0.960. The van der Waals surface area contributed by atoms with E-state index >= 15 is 0 Å². The predicted molar refractivity (Wildman–Crippen MR) is 254 cm³/mol. The van der Waals surface area contributed by atoms with Gasteiger partial charge >= 0.3 is 19.8 Å². The van der Waals surface area contributed by atoms with Gasteiger partial charge in [-0.25, -0.2) is 4.57 Å². The molecule has 0 aromatic carbocycles. The number of phosphoric ester groups is 1. The van der Waals surface area contributed by atoms with E-state index < -0.39 is 75.7 Å². The van der Waals surface area contributed by atoms with E-state index in [1.54, 1.807) is 0 Å². The van der Waals surface area contributed by atoms with E-state index in [0.29, 0.717) is 12.8 Å². The number of hydrogen-bond acceptors (Lipinski definition) is 12. The first-order chi connectivity index (χ1) is 30.9. The van der Waals surface area contributed by atoms with Crippen LogP contribution in [0.15, 0.2) is 0 Å². The van der Waals surface area contributed by atoms with Gasteiger partial charge < -0.3 is 39.9 Å². The summed E-state index contributed by atoms with van der Waals surface area (Å²) in [6.07, 6.45) is 30.1. The Labute approximate surface area is 389 Å². The molecule has 64 heavy (non-hydrogen) atoms. The number of unbranched alkanes of at least 4 members (excludes halogenated alkanes) is 33. The molecule has 13 nitrogen and oxygen atoms in total. The van der Waals surface area contributed by atoms with Gasteiger partial charge in [0.2, 0.25) is 0 Å². The largest absolute Gasteiger partial charge is 0.472 e. The van der Waals surface area contributed by atoms with Gasteiger partial charge in [0, 0.05) is 12.8 Å². The molecule has 0 spiro atoms. The van der Waals surface area contributed by atoms with Gasteiger partial charge in [0.25, 0.3) is 0 Å². The first kappa shape index (κ1) is 60.9. The minimum absolute atomic E-state index is 0.105. The Hall–Kier alpha value is -1.15. The van der Waals surface area contributed by atoms with Gasteiger partial charge in [-0.3, -0.25) is 18.6 Å². The van der Waals surface area contributed by atoms with Crippen molar-refractivity contribution in [1.82, 2.24) is 0 Å². The summed E-state index contributed by atoms with van der Waals surface area (Å²) < 4.78 is 33.6. The number of aliphatic hydroxyl groups excluding tert-OH is 5. The average Bonchev–Trinajstić information content (AvgIpc) is 3.28. The Kier molecular flexibility index (Phi) is 38.9. The topological polar surface area (TPSA) is 210 Å². The molecule has 0 aliphatic heterocycles. The molecule has 1 aliphatic rings. The Bertz CT molecular complexity index is 1130. The number of carbonyl (C=O) groups is 2. The molecule has 1 saturated carbocycles. The number of carbonyl (C=O) groups excluding carboxylic acids is 2. The van der Waals surface area contributed by atoms with Crippen LogP contribution in [0.25, 0.3) is 0 Å². The number of rotatable bonds is 45. The van der Waals surface area contributed by atoms with Crippen molar-refractivity contribution >= 4 is 19.8 Å². The fourth-order valence-electron chi connectivity index (χ4n) is 8.47. The van der Waals surface area contributed by atoms with E-state index in [1.807, 2.05) is 0 Å². The molecule has 0 aromatic heterocycles. The lowest BCUT2D eigenvalue weighted by Gasteiger charge is -2.41. The summed E-state index contributed by atoms with van der Waals surface area (Å²) in [7, 11) is -5.11. The molecule has 8 atom stereocenters. The normalized spacial score (nSPS) is 21.4. The van der Waals surface area contributed by atoms with Crippen molar-refractivity contribution in [3.05, 3.63) is 0 Å². The van der Waals surface area contributed by atoms with Gasteiger partial charge in [0.15, 0.2) is 6.10 Å². The number of esters is 2. The fourth-order valence-corrected chi connectivity index (χ4v) is 9.44. The van der Waals surface area contributed by atoms with Crippen molar-refractivity contribution in [2.75, 3.05) is 13.2 Å². The molecule has 0 bridgehead atoms. The third-order valence-electron chi connectivity index (χ3n) is 12.7. The highest BCUT2D eigenvalue weighted by Crippen LogP contribution is 2.47. The summed E-state index contributed by atoms with van der Waals surface area (Å²) in [5.41, 5.74) is 0. The van der Waals surface area contributed by atoms with Crippen LogP contribution in [0.2, 0.25) is 0 Å². The van der Waals surface area contributed by atoms with Crippen LogP contribution in [0.3, 0.4) is 0 Å². The van der Waals surface area contributed by atoms with Crippen molar-refractivity contribution in [1.29, 1.82) is 0 Å². The molecule has 0 aromatic rings. The number of hydrogen-bond donors (Lipinski definition) is 6. The maximum Gasteiger partial charge on any atom is 0.472 e. The minimum Gasteiger partial charge on any atom is -0.462 e. The molecule has 6 unspecified atom stereocenters. The Morgan fingerprint density at radius 2 is 0.703 bits per heavy atom. The van der Waals surface area contributed by atoms with E-state index in [0.717, 1.165) is 38.5 Å². The second-order valence-corrected chi connectivity index (χ2v) is 20.2. The second-order valence-electron chi connectivity index (χ2n) is 18.7.